The van der Waals surface area contributed by atoms with E-state index in [1.807, 2.05) is 0 Å². The molecule has 0 spiro atoms. The molecule has 22 heavy (non-hydrogen) atoms. The lowest BCUT2D eigenvalue weighted by Gasteiger charge is -2.11. The highest BCUT2D eigenvalue weighted by Crippen LogP contribution is 2.35. The minimum Gasteiger partial charge on any atom is -0.506 e. The Morgan fingerprint density at radius 2 is 1.82 bits per heavy atom. The van der Waals surface area contributed by atoms with Gasteiger partial charge in [0, 0.05) is 16.3 Å². The molecule has 114 valence electrons. The van der Waals surface area contributed by atoms with Crippen molar-refractivity contribution in [3.05, 3.63) is 55.9 Å². The van der Waals surface area contributed by atoms with Crippen LogP contribution in [0.1, 0.15) is 10.4 Å². The molecule has 2 aromatic rings. The molecular formula is C14H9Br2ClN2O2S. The molecular weight excluding hydrogens is 455 g/mol. The van der Waals surface area contributed by atoms with Gasteiger partial charge in [0.1, 0.15) is 5.75 Å². The van der Waals surface area contributed by atoms with Crippen molar-refractivity contribution < 1.29 is 9.90 Å². The minimum absolute atomic E-state index is 0.0828. The topological polar surface area (TPSA) is 61.4 Å². The number of phenols is 1. The van der Waals surface area contributed by atoms with Crippen LogP contribution in [0.25, 0.3) is 0 Å². The highest BCUT2D eigenvalue weighted by Gasteiger charge is 2.10. The van der Waals surface area contributed by atoms with Gasteiger partial charge in [0.15, 0.2) is 5.11 Å². The number of aromatic hydroxyl groups is 1. The van der Waals surface area contributed by atoms with E-state index in [2.05, 4.69) is 42.5 Å². The summed E-state index contributed by atoms with van der Waals surface area (Å²) in [7, 11) is 0. The molecule has 0 atom stereocenters. The minimum atomic E-state index is -0.364. The summed E-state index contributed by atoms with van der Waals surface area (Å²) in [6, 6.07) is 9.82. The molecule has 0 fully saturated rings. The number of nitrogens with one attached hydrogen (secondary N) is 2. The normalized spacial score (nSPS) is 10.1. The smallest absolute Gasteiger partial charge is 0.257 e. The van der Waals surface area contributed by atoms with E-state index in [9.17, 15) is 9.90 Å². The number of carbonyl (C=O) groups is 1. The van der Waals surface area contributed by atoms with Crippen molar-refractivity contribution in [1.29, 1.82) is 0 Å². The predicted octanol–water partition coefficient (Wildman–Crippen LogP) is 4.70. The molecule has 2 aromatic carbocycles. The first-order chi connectivity index (χ1) is 10.4. The second-order valence-electron chi connectivity index (χ2n) is 4.21. The van der Waals surface area contributed by atoms with Crippen LogP contribution < -0.4 is 10.6 Å². The lowest BCUT2D eigenvalue weighted by Crippen LogP contribution is -2.34. The van der Waals surface area contributed by atoms with Gasteiger partial charge in [-0.3, -0.25) is 10.1 Å². The van der Waals surface area contributed by atoms with Crippen LogP contribution in [0.15, 0.2) is 45.3 Å². The highest BCUT2D eigenvalue weighted by atomic mass is 79.9. The number of thiocarbonyl (C=S) groups is 1. The second-order valence-corrected chi connectivity index (χ2v) is 6.76. The molecule has 0 saturated carbocycles. The number of anilines is 1. The summed E-state index contributed by atoms with van der Waals surface area (Å²) in [5.41, 5.74) is 1.01. The molecule has 2 rings (SSSR count). The lowest BCUT2D eigenvalue weighted by molar-refractivity contribution is 0.0977. The Kier molecular flexibility index (Phi) is 5.80. The number of carbonyl (C=O) groups excluding carboxylic acids is 1. The summed E-state index contributed by atoms with van der Waals surface area (Å²) >= 11 is 17.4. The number of phenolic OH excluding ortho intramolecular Hbond substituents is 1. The summed E-state index contributed by atoms with van der Waals surface area (Å²) in [6.45, 7) is 0. The van der Waals surface area contributed by atoms with Crippen LogP contribution in [-0.2, 0) is 0 Å². The predicted molar refractivity (Wildman–Crippen MR) is 98.6 cm³/mol. The average Bonchev–Trinajstić information content (AvgIpc) is 2.44. The lowest BCUT2D eigenvalue weighted by atomic mass is 10.2. The van der Waals surface area contributed by atoms with Crippen molar-refractivity contribution in [2.24, 2.45) is 0 Å². The molecule has 0 saturated heterocycles. The van der Waals surface area contributed by atoms with Gasteiger partial charge in [0.05, 0.1) is 8.95 Å². The molecule has 0 unspecified atom stereocenters. The molecule has 0 aromatic heterocycles. The fraction of sp³-hybridized carbons (Fsp3) is 0. The number of rotatable bonds is 2. The molecule has 0 radical (unpaired) electrons. The zero-order chi connectivity index (χ0) is 16.3. The zero-order valence-electron chi connectivity index (χ0n) is 10.9. The number of amides is 1. The number of hydrogen-bond donors (Lipinski definition) is 3. The maximum absolute atomic E-state index is 12.0. The summed E-state index contributed by atoms with van der Waals surface area (Å²) in [6.07, 6.45) is 0. The van der Waals surface area contributed by atoms with Crippen LogP contribution in [0.3, 0.4) is 0 Å². The molecule has 8 heteroatoms. The van der Waals surface area contributed by atoms with Gasteiger partial charge in [-0.2, -0.15) is 0 Å². The Balaban J connectivity index is 2.06. The first-order valence-corrected chi connectivity index (χ1v) is 8.30. The number of halogens is 3. The Labute approximate surface area is 154 Å². The molecule has 4 nitrogen and oxygen atoms in total. The Morgan fingerprint density at radius 3 is 2.41 bits per heavy atom. The fourth-order valence-corrected chi connectivity index (χ4v) is 3.19. The summed E-state index contributed by atoms with van der Waals surface area (Å²) in [5.74, 6) is -0.281. The second kappa shape index (κ2) is 7.41. The maximum Gasteiger partial charge on any atom is 0.257 e. The van der Waals surface area contributed by atoms with Crippen molar-refractivity contribution in [2.45, 2.75) is 0 Å². The fourth-order valence-electron chi connectivity index (χ4n) is 1.61. The summed E-state index contributed by atoms with van der Waals surface area (Å²) < 4.78 is 0.988. The van der Waals surface area contributed by atoms with Gasteiger partial charge in [-0.15, -0.1) is 0 Å². The van der Waals surface area contributed by atoms with Crippen LogP contribution in [0, 0.1) is 0 Å². The monoisotopic (exact) mass is 462 g/mol. The van der Waals surface area contributed by atoms with Crippen LogP contribution in [0.4, 0.5) is 5.69 Å². The SMILES string of the molecule is O=C(NC(=S)Nc1cc(Br)c(O)c(Br)c1)c1cccc(Cl)c1. The number of benzene rings is 2. The van der Waals surface area contributed by atoms with Crippen molar-refractivity contribution in [2.75, 3.05) is 5.32 Å². The van der Waals surface area contributed by atoms with E-state index in [0.29, 0.717) is 25.2 Å². The quantitative estimate of drug-likeness (QED) is 0.446. The Morgan fingerprint density at radius 1 is 1.18 bits per heavy atom. The molecule has 1 amide bonds. The van der Waals surface area contributed by atoms with Crippen LogP contribution in [-0.4, -0.2) is 16.1 Å². The Bertz CT molecular complexity index is 732. The Hall–Kier alpha value is -1.15. The molecule has 0 heterocycles. The molecule has 0 bridgehead atoms. The summed E-state index contributed by atoms with van der Waals surface area (Å²) in [4.78, 5) is 12.0. The summed E-state index contributed by atoms with van der Waals surface area (Å²) in [5, 5.41) is 15.7. The van der Waals surface area contributed by atoms with E-state index in [1.54, 1.807) is 36.4 Å². The van der Waals surface area contributed by atoms with E-state index >= 15 is 0 Å². The molecule has 0 aliphatic rings. The van der Waals surface area contributed by atoms with Crippen LogP contribution in [0.5, 0.6) is 5.75 Å². The van der Waals surface area contributed by atoms with E-state index in [1.165, 1.54) is 0 Å². The van der Waals surface area contributed by atoms with Crippen molar-refractivity contribution in [1.82, 2.24) is 5.32 Å². The third-order valence-corrected chi connectivity index (χ3v) is 4.24. The highest BCUT2D eigenvalue weighted by molar-refractivity contribution is 9.11. The van der Waals surface area contributed by atoms with Gasteiger partial charge in [-0.05, 0) is 74.4 Å². The van der Waals surface area contributed by atoms with Gasteiger partial charge < -0.3 is 10.4 Å². The number of hydrogen-bond acceptors (Lipinski definition) is 3. The van der Waals surface area contributed by atoms with Gasteiger partial charge in [0.2, 0.25) is 0 Å². The molecule has 0 aliphatic heterocycles. The van der Waals surface area contributed by atoms with Crippen molar-refractivity contribution in [3.8, 4) is 5.75 Å². The zero-order valence-corrected chi connectivity index (χ0v) is 15.6. The van der Waals surface area contributed by atoms with E-state index in [-0.39, 0.29) is 16.8 Å². The van der Waals surface area contributed by atoms with Gasteiger partial charge in [-0.1, -0.05) is 17.7 Å². The maximum atomic E-state index is 12.0. The first kappa shape index (κ1) is 17.2. The van der Waals surface area contributed by atoms with Gasteiger partial charge >= 0.3 is 0 Å². The van der Waals surface area contributed by atoms with Gasteiger partial charge in [-0.25, -0.2) is 0 Å². The molecule has 3 N–H and O–H groups in total. The third-order valence-electron chi connectivity index (χ3n) is 2.59. The molecule has 0 aliphatic carbocycles. The van der Waals surface area contributed by atoms with E-state index in [4.69, 9.17) is 23.8 Å². The van der Waals surface area contributed by atoms with Crippen molar-refractivity contribution >= 4 is 72.4 Å². The van der Waals surface area contributed by atoms with Crippen LogP contribution in [0.2, 0.25) is 5.02 Å². The van der Waals surface area contributed by atoms with Crippen LogP contribution >= 0.6 is 55.7 Å². The standard InChI is InChI=1S/C14H9Br2ClN2O2S/c15-10-5-9(6-11(16)12(10)20)18-14(22)19-13(21)7-2-1-3-8(17)4-7/h1-6,20H,(H2,18,19,21,22). The first-order valence-electron chi connectivity index (χ1n) is 5.92. The van der Waals surface area contributed by atoms with Crippen molar-refractivity contribution in [3.63, 3.8) is 0 Å². The van der Waals surface area contributed by atoms with E-state index < -0.39 is 0 Å². The largest absolute Gasteiger partial charge is 0.506 e. The van der Waals surface area contributed by atoms with Gasteiger partial charge in [0.25, 0.3) is 5.91 Å². The average molecular weight is 465 g/mol. The van der Waals surface area contributed by atoms with E-state index in [0.717, 1.165) is 0 Å². The third kappa shape index (κ3) is 4.42.